The molecule has 9 heteroatoms. The lowest BCUT2D eigenvalue weighted by Crippen LogP contribution is -2.20. The van der Waals surface area contributed by atoms with E-state index in [9.17, 15) is 18.0 Å². The molecule has 0 aliphatic carbocycles. The highest BCUT2D eigenvalue weighted by Gasteiger charge is 2.31. The molecule has 0 bridgehead atoms. The molecule has 3 rings (SSSR count). The number of carbonyl (C=O) groups excluding carboxylic acids is 2. The van der Waals surface area contributed by atoms with Gasteiger partial charge in [-0.05, 0) is 38.5 Å². The Hall–Kier alpha value is -2.32. The quantitative estimate of drug-likeness (QED) is 0.486. The van der Waals surface area contributed by atoms with Crippen LogP contribution in [0.4, 0.5) is 0 Å². The Morgan fingerprint density at radius 1 is 1.21 bits per heavy atom. The Bertz CT molecular complexity index is 1040. The van der Waals surface area contributed by atoms with Gasteiger partial charge in [0.05, 0.1) is 16.5 Å². The molecule has 2 aromatic rings. The number of rotatable bonds is 7. The van der Waals surface area contributed by atoms with Crippen molar-refractivity contribution in [3.05, 3.63) is 52.3 Å². The van der Waals surface area contributed by atoms with Crippen molar-refractivity contribution in [1.29, 1.82) is 0 Å². The van der Waals surface area contributed by atoms with Crippen LogP contribution >= 0.6 is 11.6 Å². The van der Waals surface area contributed by atoms with Gasteiger partial charge in [0, 0.05) is 23.0 Å². The minimum atomic E-state index is -3.04. The number of hydrogen-bond acceptors (Lipinski definition) is 6. The van der Waals surface area contributed by atoms with Crippen molar-refractivity contribution in [2.45, 2.75) is 26.3 Å². The van der Waals surface area contributed by atoms with E-state index in [1.165, 1.54) is 0 Å². The number of hydrogen-bond donors (Lipinski definition) is 0. The van der Waals surface area contributed by atoms with Crippen LogP contribution in [0.2, 0.25) is 5.02 Å². The van der Waals surface area contributed by atoms with E-state index < -0.39 is 22.4 Å². The monoisotopic (exact) mass is 439 g/mol. The molecule has 7 nitrogen and oxygen atoms in total. The number of benzene rings is 1. The summed E-state index contributed by atoms with van der Waals surface area (Å²) in [5.74, 6) is -0.454. The molecule has 0 radical (unpaired) electrons. The van der Waals surface area contributed by atoms with Crippen LogP contribution < -0.4 is 4.74 Å². The molecule has 1 aliphatic heterocycles. The molecule has 1 unspecified atom stereocenters. The van der Waals surface area contributed by atoms with Gasteiger partial charge in [0.15, 0.2) is 23.1 Å². The fourth-order valence-corrected chi connectivity index (χ4v) is 5.45. The Balaban J connectivity index is 1.59. The van der Waals surface area contributed by atoms with Gasteiger partial charge < -0.3 is 14.0 Å². The number of Topliss-reactive ketones (excluding diaryl/α,β-unsaturated/α-hetero) is 1. The fraction of sp³-hybridized carbons (Fsp3) is 0.400. The van der Waals surface area contributed by atoms with Crippen molar-refractivity contribution in [2.75, 3.05) is 24.7 Å². The van der Waals surface area contributed by atoms with Gasteiger partial charge in [0.1, 0.15) is 5.75 Å². The van der Waals surface area contributed by atoms with Gasteiger partial charge in [-0.1, -0.05) is 23.7 Å². The van der Waals surface area contributed by atoms with Crippen LogP contribution in [0.3, 0.4) is 0 Å². The number of halogens is 1. The highest BCUT2D eigenvalue weighted by molar-refractivity contribution is 7.91. The Kier molecular flexibility index (Phi) is 6.33. The van der Waals surface area contributed by atoms with E-state index in [0.717, 1.165) is 5.69 Å². The zero-order chi connectivity index (χ0) is 21.2. The molecule has 1 aromatic heterocycles. The molecule has 0 saturated carbocycles. The average Bonchev–Trinajstić information content (AvgIpc) is 3.17. The van der Waals surface area contributed by atoms with Crippen LogP contribution in [0, 0.1) is 13.8 Å². The SMILES string of the molecule is Cc1cc(C(=O)COC(=O)COc2ccccc2Cl)c(C)n1C1CCS(=O)(=O)C1. The molecule has 1 saturated heterocycles. The smallest absolute Gasteiger partial charge is 0.344 e. The molecule has 0 amide bonds. The lowest BCUT2D eigenvalue weighted by Gasteiger charge is -2.16. The number of nitrogens with zero attached hydrogens (tertiary/aromatic N) is 1. The average molecular weight is 440 g/mol. The summed E-state index contributed by atoms with van der Waals surface area (Å²) < 4.78 is 35.8. The van der Waals surface area contributed by atoms with Crippen molar-refractivity contribution in [3.63, 3.8) is 0 Å². The first kappa shape index (κ1) is 21.4. The Morgan fingerprint density at radius 2 is 1.93 bits per heavy atom. The maximum absolute atomic E-state index is 12.5. The number of ether oxygens (including phenoxy) is 2. The Labute approximate surface area is 174 Å². The number of sulfone groups is 1. The van der Waals surface area contributed by atoms with Gasteiger partial charge in [-0.15, -0.1) is 0 Å². The predicted molar refractivity (Wildman–Crippen MR) is 108 cm³/mol. The Morgan fingerprint density at radius 3 is 2.59 bits per heavy atom. The molecule has 29 heavy (non-hydrogen) atoms. The highest BCUT2D eigenvalue weighted by atomic mass is 35.5. The maximum Gasteiger partial charge on any atom is 0.344 e. The molecule has 156 valence electrons. The number of aryl methyl sites for hydroxylation is 1. The van der Waals surface area contributed by atoms with E-state index in [-0.39, 0.29) is 29.9 Å². The van der Waals surface area contributed by atoms with Gasteiger partial charge in [0.25, 0.3) is 0 Å². The molecule has 2 heterocycles. The first-order valence-corrected chi connectivity index (χ1v) is 11.3. The van der Waals surface area contributed by atoms with Gasteiger partial charge >= 0.3 is 5.97 Å². The molecular weight excluding hydrogens is 418 g/mol. The van der Waals surface area contributed by atoms with Crippen molar-refractivity contribution < 1.29 is 27.5 Å². The maximum atomic E-state index is 12.5. The van der Waals surface area contributed by atoms with Gasteiger partial charge in [-0.2, -0.15) is 0 Å². The summed E-state index contributed by atoms with van der Waals surface area (Å²) >= 11 is 5.95. The van der Waals surface area contributed by atoms with Gasteiger partial charge in [0.2, 0.25) is 5.78 Å². The number of aromatic nitrogens is 1. The van der Waals surface area contributed by atoms with E-state index >= 15 is 0 Å². The van der Waals surface area contributed by atoms with Crippen LogP contribution in [0.15, 0.2) is 30.3 Å². The summed E-state index contributed by atoms with van der Waals surface area (Å²) in [6.07, 6.45) is 0.528. The van der Waals surface area contributed by atoms with E-state index in [2.05, 4.69) is 0 Å². The molecule has 0 N–H and O–H groups in total. The number of carbonyl (C=O) groups is 2. The fourth-order valence-electron chi connectivity index (χ4n) is 3.56. The van der Waals surface area contributed by atoms with Crippen LogP contribution in [0.25, 0.3) is 0 Å². The third kappa shape index (κ3) is 5.00. The lowest BCUT2D eigenvalue weighted by atomic mass is 10.1. The second-order valence-electron chi connectivity index (χ2n) is 7.01. The molecule has 1 aromatic carbocycles. The molecule has 1 fully saturated rings. The lowest BCUT2D eigenvalue weighted by molar-refractivity contribution is -0.144. The molecule has 1 aliphatic rings. The molecular formula is C20H22ClNO6S. The van der Waals surface area contributed by atoms with Crippen LogP contribution in [-0.4, -0.2) is 49.5 Å². The number of ketones is 1. The third-order valence-corrected chi connectivity index (χ3v) is 6.97. The summed E-state index contributed by atoms with van der Waals surface area (Å²) in [4.78, 5) is 24.4. The topological polar surface area (TPSA) is 91.7 Å². The van der Waals surface area contributed by atoms with Crippen LogP contribution in [0.5, 0.6) is 5.75 Å². The second-order valence-corrected chi connectivity index (χ2v) is 9.65. The second kappa shape index (κ2) is 8.59. The molecule has 1 atom stereocenters. The van der Waals surface area contributed by atoms with Gasteiger partial charge in [-0.3, -0.25) is 4.79 Å². The van der Waals surface area contributed by atoms with Crippen molar-refractivity contribution in [3.8, 4) is 5.75 Å². The van der Waals surface area contributed by atoms with Crippen LogP contribution in [-0.2, 0) is 19.4 Å². The summed E-state index contributed by atoms with van der Waals surface area (Å²) in [5.41, 5.74) is 1.91. The molecule has 0 spiro atoms. The third-order valence-electron chi connectivity index (χ3n) is 4.90. The standard InChI is InChI=1S/C20H22ClNO6S/c1-13-9-16(14(2)22(13)15-7-8-29(25,26)12-15)18(23)10-28-20(24)11-27-19-6-4-3-5-17(19)21/h3-6,9,15H,7-8,10-12H2,1-2H3. The highest BCUT2D eigenvalue weighted by Crippen LogP contribution is 2.29. The van der Waals surface area contributed by atoms with E-state index in [1.807, 2.05) is 11.5 Å². The number of para-hydroxylation sites is 1. The first-order valence-electron chi connectivity index (χ1n) is 9.13. The van der Waals surface area contributed by atoms with E-state index in [1.54, 1.807) is 37.3 Å². The van der Waals surface area contributed by atoms with Crippen molar-refractivity contribution in [2.24, 2.45) is 0 Å². The van der Waals surface area contributed by atoms with E-state index in [0.29, 0.717) is 28.5 Å². The number of esters is 1. The summed E-state index contributed by atoms with van der Waals surface area (Å²) in [6.45, 7) is 2.82. The van der Waals surface area contributed by atoms with E-state index in [4.69, 9.17) is 21.1 Å². The van der Waals surface area contributed by atoms with Crippen molar-refractivity contribution in [1.82, 2.24) is 4.57 Å². The predicted octanol–water partition coefficient (Wildman–Crippen LogP) is 2.92. The van der Waals surface area contributed by atoms with Crippen LogP contribution in [0.1, 0.15) is 34.2 Å². The zero-order valence-electron chi connectivity index (χ0n) is 16.2. The summed E-state index contributed by atoms with van der Waals surface area (Å²) in [7, 11) is -3.04. The van der Waals surface area contributed by atoms with Crippen molar-refractivity contribution >= 4 is 33.2 Å². The minimum Gasteiger partial charge on any atom is -0.480 e. The first-order chi connectivity index (χ1) is 13.7. The van der Waals surface area contributed by atoms with Gasteiger partial charge in [-0.25, -0.2) is 13.2 Å². The minimum absolute atomic E-state index is 0.0748. The summed E-state index contributed by atoms with van der Waals surface area (Å²) in [5, 5.41) is 0.373. The largest absolute Gasteiger partial charge is 0.480 e. The zero-order valence-corrected chi connectivity index (χ0v) is 17.8. The summed E-state index contributed by atoms with van der Waals surface area (Å²) in [6, 6.07) is 8.26. The normalized spacial score (nSPS) is 17.8.